The number of hydrogen-bond donors (Lipinski definition) is 3. The van der Waals surface area contributed by atoms with E-state index in [0.29, 0.717) is 16.9 Å². The summed E-state index contributed by atoms with van der Waals surface area (Å²) in [6, 6.07) is 18.9. The van der Waals surface area contributed by atoms with Gasteiger partial charge in [0.05, 0.1) is 6.54 Å². The Hall–Kier alpha value is -4.19. The number of guanidine groups is 1. The summed E-state index contributed by atoms with van der Waals surface area (Å²) < 4.78 is 37.9. The zero-order chi connectivity index (χ0) is 28.8. The third kappa shape index (κ3) is 8.67. The summed E-state index contributed by atoms with van der Waals surface area (Å²) in [5.74, 6) is -0.969. The second-order valence-electron chi connectivity index (χ2n) is 9.49. The molecular formula is C27H28F3N6O2S+. The normalized spacial score (nSPS) is 12.1. The number of urea groups is 1. The first-order chi connectivity index (χ1) is 18.2. The van der Waals surface area contributed by atoms with Gasteiger partial charge >= 0.3 is 11.5 Å². The van der Waals surface area contributed by atoms with E-state index >= 15 is 0 Å². The van der Waals surface area contributed by atoms with E-state index in [2.05, 4.69) is 36.2 Å². The van der Waals surface area contributed by atoms with Crippen molar-refractivity contribution in [1.29, 1.82) is 0 Å². The van der Waals surface area contributed by atoms with Crippen molar-refractivity contribution in [3.05, 3.63) is 89.5 Å². The highest BCUT2D eigenvalue weighted by molar-refractivity contribution is 8.00. The van der Waals surface area contributed by atoms with Gasteiger partial charge in [-0.2, -0.15) is 18.2 Å². The number of amides is 3. The molecule has 0 aliphatic rings. The van der Waals surface area contributed by atoms with Crippen LogP contribution < -0.4 is 21.5 Å². The number of carbonyl (C=O) groups excluding carboxylic acids is 2. The molecule has 0 saturated carbocycles. The van der Waals surface area contributed by atoms with Gasteiger partial charge in [0.15, 0.2) is 0 Å². The zero-order valence-electron chi connectivity index (χ0n) is 21.5. The quantitative estimate of drug-likeness (QED) is 0.160. The van der Waals surface area contributed by atoms with Crippen molar-refractivity contribution < 1.29 is 28.3 Å². The molecule has 8 nitrogen and oxygen atoms in total. The van der Waals surface area contributed by atoms with Gasteiger partial charge in [0, 0.05) is 26.9 Å². The molecule has 0 aliphatic carbocycles. The highest BCUT2D eigenvalue weighted by atomic mass is 32.2. The van der Waals surface area contributed by atoms with Gasteiger partial charge in [-0.3, -0.25) is 9.69 Å². The first kappa shape index (κ1) is 29.4. The van der Waals surface area contributed by atoms with Crippen molar-refractivity contribution in [2.75, 3.05) is 10.2 Å². The first-order valence-electron chi connectivity index (χ1n) is 11.7. The number of anilines is 2. The number of alkyl halides is 3. The summed E-state index contributed by atoms with van der Waals surface area (Å²) in [5, 5.41) is 5.89. The topological polar surface area (TPSA) is 126 Å². The number of nitrogens with zero attached hydrogens (tertiary/aromatic N) is 3. The lowest BCUT2D eigenvalue weighted by Gasteiger charge is -2.25. The van der Waals surface area contributed by atoms with Crippen LogP contribution in [0.2, 0.25) is 0 Å². The second kappa shape index (κ2) is 12.1. The van der Waals surface area contributed by atoms with E-state index in [-0.39, 0.29) is 40.1 Å². The summed E-state index contributed by atoms with van der Waals surface area (Å²) in [7, 11) is 0. The zero-order valence-corrected chi connectivity index (χ0v) is 22.3. The predicted molar refractivity (Wildman–Crippen MR) is 145 cm³/mol. The predicted octanol–water partition coefficient (Wildman–Crippen LogP) is 5.50. The third-order valence-electron chi connectivity index (χ3n) is 5.52. The van der Waals surface area contributed by atoms with Gasteiger partial charge in [-0.25, -0.2) is 4.79 Å². The maximum Gasteiger partial charge on any atom is 0.446 e. The molecule has 0 aromatic heterocycles. The highest BCUT2D eigenvalue weighted by Crippen LogP contribution is 2.37. The van der Waals surface area contributed by atoms with E-state index in [9.17, 15) is 22.8 Å². The van der Waals surface area contributed by atoms with Gasteiger partial charge < -0.3 is 11.1 Å². The Balaban J connectivity index is 1.85. The van der Waals surface area contributed by atoms with E-state index in [1.54, 1.807) is 24.3 Å². The van der Waals surface area contributed by atoms with Crippen LogP contribution in [-0.2, 0) is 12.0 Å². The van der Waals surface area contributed by atoms with Crippen molar-refractivity contribution in [2.45, 2.75) is 43.1 Å². The fourth-order valence-corrected chi connectivity index (χ4v) is 4.02. The Morgan fingerprint density at radius 1 is 0.949 bits per heavy atom. The van der Waals surface area contributed by atoms with E-state index in [1.807, 2.05) is 24.3 Å². The Bertz CT molecular complexity index is 1350. The van der Waals surface area contributed by atoms with E-state index in [4.69, 9.17) is 11.3 Å². The van der Waals surface area contributed by atoms with Crippen LogP contribution in [-0.4, -0.2) is 23.4 Å². The number of hydrogen-bond acceptors (Lipinski definition) is 3. The molecule has 12 heteroatoms. The Kier molecular flexibility index (Phi) is 9.12. The number of aliphatic imine (C=N–C) groups is 1. The Morgan fingerprint density at radius 3 is 2.05 bits per heavy atom. The first-order valence-corrected chi connectivity index (χ1v) is 12.5. The second-order valence-corrected chi connectivity index (χ2v) is 10.6. The molecule has 0 radical (unpaired) electrons. The van der Waals surface area contributed by atoms with Crippen LogP contribution in [0.4, 0.5) is 29.3 Å². The fraction of sp³-hybridized carbons (Fsp3) is 0.222. The summed E-state index contributed by atoms with van der Waals surface area (Å²) >= 11 is -0.230. The van der Waals surface area contributed by atoms with Crippen LogP contribution in [0.5, 0.6) is 0 Å². The lowest BCUT2D eigenvalue weighted by Crippen LogP contribution is -2.34. The highest BCUT2D eigenvalue weighted by Gasteiger charge is 2.29. The number of halogens is 3. The van der Waals surface area contributed by atoms with Crippen molar-refractivity contribution in [1.82, 2.24) is 0 Å². The molecule has 3 amide bonds. The van der Waals surface area contributed by atoms with E-state index < -0.39 is 17.4 Å². The van der Waals surface area contributed by atoms with Gasteiger partial charge in [-0.1, -0.05) is 45.0 Å². The van der Waals surface area contributed by atoms with Crippen LogP contribution in [0.25, 0.3) is 0 Å². The monoisotopic (exact) mass is 557 g/mol. The van der Waals surface area contributed by atoms with Gasteiger partial charge in [-0.15, -0.1) is 5.53 Å². The fourth-order valence-electron chi connectivity index (χ4n) is 3.49. The molecule has 5 N–H and O–H groups in total. The molecule has 0 spiro atoms. The maximum atomic E-state index is 13.4. The lowest BCUT2D eigenvalue weighted by atomic mass is 9.87. The molecule has 0 atom stereocenters. The molecule has 3 rings (SSSR count). The Labute approximate surface area is 228 Å². The molecule has 3 aromatic carbocycles. The third-order valence-corrected chi connectivity index (χ3v) is 6.26. The maximum absolute atomic E-state index is 13.4. The molecule has 39 heavy (non-hydrogen) atoms. The molecular weight excluding hydrogens is 529 g/mol. The van der Waals surface area contributed by atoms with E-state index in [0.717, 1.165) is 5.56 Å². The minimum atomic E-state index is -4.40. The van der Waals surface area contributed by atoms with Gasteiger partial charge in [0.1, 0.15) is 0 Å². The molecule has 0 unspecified atom stereocenters. The summed E-state index contributed by atoms with van der Waals surface area (Å²) in [6.07, 6.45) is 0. The van der Waals surface area contributed by atoms with Crippen molar-refractivity contribution in [2.24, 2.45) is 15.8 Å². The number of thioether (sulfide) groups is 1. The molecule has 0 aliphatic heterocycles. The molecule has 0 heterocycles. The summed E-state index contributed by atoms with van der Waals surface area (Å²) in [4.78, 5) is 30.6. The standard InChI is InChI=1S/C27H27F3N6O2S/c1-26(2,3)19-8-12-21(13-9-19)36(16-17-4-6-18(7-5-17)23(37)34-24(31)35-32)25(38)33-20-10-14-22(15-11-20)39-27(28,29)30/h4-15,32H,16H2,1-3H3,(H,33,38)(H2,31,34,37)/p+1. The van der Waals surface area contributed by atoms with Crippen molar-refractivity contribution >= 4 is 41.0 Å². The van der Waals surface area contributed by atoms with Gasteiger partial charge in [-0.05, 0) is 76.8 Å². The van der Waals surface area contributed by atoms with Crippen molar-refractivity contribution in [3.63, 3.8) is 0 Å². The Morgan fingerprint density at radius 2 is 1.54 bits per heavy atom. The SMILES string of the molecule is CC(C)(C)c1ccc(N(Cc2ccc(C(=O)N=C(N)N=[NH2+])cc2)C(=O)Nc2ccc(SC(F)(F)F)cc2)cc1. The molecule has 0 fully saturated rings. The van der Waals surface area contributed by atoms with Crippen molar-refractivity contribution in [3.8, 4) is 0 Å². The number of benzene rings is 3. The molecule has 204 valence electrons. The molecule has 3 aromatic rings. The van der Waals surface area contributed by atoms with Crippen LogP contribution in [0, 0.1) is 0 Å². The average Bonchev–Trinajstić information content (AvgIpc) is 2.87. The minimum Gasteiger partial charge on any atom is -0.363 e. The summed E-state index contributed by atoms with van der Waals surface area (Å²) in [5.41, 5.74) is 8.88. The van der Waals surface area contributed by atoms with Crippen LogP contribution in [0.1, 0.15) is 42.3 Å². The molecule has 0 bridgehead atoms. The summed E-state index contributed by atoms with van der Waals surface area (Å²) in [6.45, 7) is 6.38. The van der Waals surface area contributed by atoms with Crippen LogP contribution in [0.3, 0.4) is 0 Å². The number of rotatable bonds is 6. The molecule has 0 saturated heterocycles. The minimum absolute atomic E-state index is 0.0102. The van der Waals surface area contributed by atoms with Crippen LogP contribution >= 0.6 is 11.8 Å². The van der Waals surface area contributed by atoms with Gasteiger partial charge in [0.2, 0.25) is 0 Å². The largest absolute Gasteiger partial charge is 0.446 e. The number of carbonyl (C=O) groups is 2. The smallest absolute Gasteiger partial charge is 0.363 e. The van der Waals surface area contributed by atoms with E-state index in [1.165, 1.54) is 29.2 Å². The van der Waals surface area contributed by atoms with Crippen LogP contribution in [0.15, 0.2) is 87.8 Å². The number of nitrogens with two attached hydrogens (primary N) is 2. The van der Waals surface area contributed by atoms with Gasteiger partial charge in [0.25, 0.3) is 11.9 Å². The number of nitrogens with one attached hydrogen (secondary N) is 1. The average molecular weight is 558 g/mol. The lowest BCUT2D eigenvalue weighted by molar-refractivity contribution is -0.207.